The van der Waals surface area contributed by atoms with Crippen LogP contribution in [0.25, 0.3) is 21.8 Å². The summed E-state index contributed by atoms with van der Waals surface area (Å²) in [6.45, 7) is 2.10. The number of aryl methyl sites for hydroxylation is 2. The molecule has 3 heteroatoms. The van der Waals surface area contributed by atoms with Gasteiger partial charge in [-0.3, -0.25) is 4.79 Å². The van der Waals surface area contributed by atoms with Crippen molar-refractivity contribution in [3.63, 3.8) is 0 Å². The van der Waals surface area contributed by atoms with Crippen molar-refractivity contribution in [3.05, 3.63) is 107 Å². The van der Waals surface area contributed by atoms with Crippen molar-refractivity contribution in [1.82, 2.24) is 9.55 Å². The maximum absolute atomic E-state index is 13.6. The Hall–Kier alpha value is -3.59. The first kappa shape index (κ1) is 18.4. The summed E-state index contributed by atoms with van der Waals surface area (Å²) >= 11 is 0. The fraction of sp³-hybridized carbons (Fsp3) is 0.148. The average molecular weight is 393 g/mol. The number of rotatable bonds is 5. The first-order valence-electron chi connectivity index (χ1n) is 10.3. The van der Waals surface area contributed by atoms with Crippen LogP contribution in [0.2, 0.25) is 0 Å². The Morgan fingerprint density at radius 2 is 1.57 bits per heavy atom. The lowest BCUT2D eigenvalue weighted by Crippen LogP contribution is -2.10. The fourth-order valence-corrected chi connectivity index (χ4v) is 4.68. The van der Waals surface area contributed by atoms with Gasteiger partial charge in [0.25, 0.3) is 0 Å². The number of nitrogens with one attached hydrogen (secondary N) is 1. The van der Waals surface area contributed by atoms with Crippen LogP contribution >= 0.6 is 0 Å². The van der Waals surface area contributed by atoms with E-state index in [4.69, 9.17) is 0 Å². The minimum atomic E-state index is -0.00572. The summed E-state index contributed by atoms with van der Waals surface area (Å²) in [7, 11) is 2.00. The Morgan fingerprint density at radius 1 is 0.900 bits per heavy atom. The molecule has 0 aliphatic carbocycles. The topological polar surface area (TPSA) is 37.8 Å². The van der Waals surface area contributed by atoms with Gasteiger partial charge in [0.2, 0.25) is 0 Å². The summed E-state index contributed by atoms with van der Waals surface area (Å²) in [5, 5.41) is 2.21. The van der Waals surface area contributed by atoms with Gasteiger partial charge >= 0.3 is 0 Å². The van der Waals surface area contributed by atoms with Crippen LogP contribution in [0.4, 0.5) is 0 Å². The highest BCUT2D eigenvalue weighted by atomic mass is 16.1. The molecule has 3 nitrogen and oxygen atoms in total. The largest absolute Gasteiger partial charge is 0.358 e. The van der Waals surface area contributed by atoms with Gasteiger partial charge in [-0.1, -0.05) is 66.7 Å². The predicted molar refractivity (Wildman–Crippen MR) is 123 cm³/mol. The third-order valence-electron chi connectivity index (χ3n) is 6.08. The standard InChI is InChI=1S/C27H24N2O/c1-18-27(21-13-6-8-14-24(21)28-18)22(19-10-4-3-5-11-19)16-26(30)23-17-29(2)25-15-9-7-12-20(23)25/h3-15,17,22,28H,16H2,1-2H3. The number of hydrogen-bond donors (Lipinski definition) is 1. The van der Waals surface area contributed by atoms with Crippen molar-refractivity contribution in [2.24, 2.45) is 7.05 Å². The molecule has 0 aliphatic rings. The number of benzene rings is 3. The predicted octanol–water partition coefficient (Wildman–Crippen LogP) is 6.37. The SMILES string of the molecule is Cc1[nH]c2ccccc2c1C(CC(=O)c1cn(C)c2ccccc12)c1ccccc1. The zero-order chi connectivity index (χ0) is 20.7. The first-order chi connectivity index (χ1) is 14.6. The van der Waals surface area contributed by atoms with Crippen LogP contribution in [0.3, 0.4) is 0 Å². The number of carbonyl (C=O) groups is 1. The Kier molecular flexibility index (Phi) is 4.51. The molecule has 2 aromatic heterocycles. The lowest BCUT2D eigenvalue weighted by Gasteiger charge is -2.18. The summed E-state index contributed by atoms with van der Waals surface area (Å²) in [4.78, 5) is 17.1. The van der Waals surface area contributed by atoms with E-state index in [1.807, 2.05) is 48.1 Å². The van der Waals surface area contributed by atoms with Gasteiger partial charge in [-0.05, 0) is 30.2 Å². The summed E-state index contributed by atoms with van der Waals surface area (Å²) in [5.74, 6) is 0.166. The van der Waals surface area contributed by atoms with E-state index in [0.29, 0.717) is 6.42 Å². The monoisotopic (exact) mass is 392 g/mol. The number of carbonyl (C=O) groups excluding carboxylic acids is 1. The number of H-pyrrole nitrogens is 1. The molecular weight excluding hydrogens is 368 g/mol. The lowest BCUT2D eigenvalue weighted by molar-refractivity contribution is 0.0979. The number of aromatic nitrogens is 2. The van der Waals surface area contributed by atoms with Gasteiger partial charge in [0, 0.05) is 58.6 Å². The molecule has 148 valence electrons. The Labute approximate surface area is 176 Å². The number of hydrogen-bond acceptors (Lipinski definition) is 1. The van der Waals surface area contributed by atoms with Gasteiger partial charge < -0.3 is 9.55 Å². The normalized spacial score (nSPS) is 12.5. The maximum Gasteiger partial charge on any atom is 0.165 e. The van der Waals surface area contributed by atoms with Crippen LogP contribution in [0.5, 0.6) is 0 Å². The van der Waals surface area contributed by atoms with Crippen molar-refractivity contribution in [2.75, 3.05) is 0 Å². The first-order valence-corrected chi connectivity index (χ1v) is 10.3. The molecular formula is C27H24N2O. The van der Waals surface area contributed by atoms with Gasteiger partial charge in [0.1, 0.15) is 0 Å². The van der Waals surface area contributed by atoms with E-state index in [-0.39, 0.29) is 11.7 Å². The quantitative estimate of drug-likeness (QED) is 0.347. The van der Waals surface area contributed by atoms with E-state index < -0.39 is 0 Å². The van der Waals surface area contributed by atoms with Gasteiger partial charge in [-0.15, -0.1) is 0 Å². The molecule has 0 aliphatic heterocycles. The second-order valence-corrected chi connectivity index (χ2v) is 7.97. The summed E-state index contributed by atoms with van der Waals surface area (Å²) in [6.07, 6.45) is 2.40. The average Bonchev–Trinajstić information content (AvgIpc) is 3.29. The summed E-state index contributed by atoms with van der Waals surface area (Å²) in [5.41, 5.74) is 6.50. The van der Waals surface area contributed by atoms with Crippen LogP contribution in [0.15, 0.2) is 85.1 Å². The Balaban J connectivity index is 1.63. The maximum atomic E-state index is 13.6. The molecule has 5 rings (SSSR count). The van der Waals surface area contributed by atoms with Gasteiger partial charge in [0.05, 0.1) is 0 Å². The zero-order valence-electron chi connectivity index (χ0n) is 17.2. The van der Waals surface area contributed by atoms with Crippen LogP contribution < -0.4 is 0 Å². The Bertz CT molecular complexity index is 1360. The molecule has 3 aromatic carbocycles. The minimum Gasteiger partial charge on any atom is -0.358 e. The van der Waals surface area contributed by atoms with Crippen LogP contribution in [0.1, 0.15) is 39.5 Å². The van der Waals surface area contributed by atoms with Gasteiger partial charge in [-0.25, -0.2) is 0 Å². The zero-order valence-corrected chi connectivity index (χ0v) is 17.2. The molecule has 0 amide bonds. The molecule has 0 fully saturated rings. The van der Waals surface area contributed by atoms with E-state index in [1.54, 1.807) is 0 Å². The molecule has 5 aromatic rings. The molecule has 0 saturated heterocycles. The Morgan fingerprint density at radius 3 is 2.37 bits per heavy atom. The molecule has 1 N–H and O–H groups in total. The lowest BCUT2D eigenvalue weighted by atomic mass is 9.84. The number of Topliss-reactive ketones (excluding diaryl/α,β-unsaturated/α-hetero) is 1. The molecule has 1 unspecified atom stereocenters. The fourth-order valence-electron chi connectivity index (χ4n) is 4.68. The van der Waals surface area contributed by atoms with Crippen molar-refractivity contribution in [3.8, 4) is 0 Å². The minimum absolute atomic E-state index is 0.00572. The third kappa shape index (κ3) is 3.03. The second kappa shape index (κ2) is 7.34. The highest BCUT2D eigenvalue weighted by molar-refractivity contribution is 6.08. The molecule has 0 bridgehead atoms. The van der Waals surface area contributed by atoms with E-state index in [2.05, 4.69) is 60.4 Å². The van der Waals surface area contributed by atoms with Crippen molar-refractivity contribution in [2.45, 2.75) is 19.3 Å². The number of fused-ring (bicyclic) bond motifs is 2. The highest BCUT2D eigenvalue weighted by Crippen LogP contribution is 2.37. The number of ketones is 1. The van der Waals surface area contributed by atoms with Crippen LogP contribution in [-0.2, 0) is 7.05 Å². The van der Waals surface area contributed by atoms with Gasteiger partial charge in [0.15, 0.2) is 5.78 Å². The second-order valence-electron chi connectivity index (χ2n) is 7.97. The number of aromatic amines is 1. The van der Waals surface area contributed by atoms with E-state index in [0.717, 1.165) is 27.7 Å². The van der Waals surface area contributed by atoms with Crippen LogP contribution in [-0.4, -0.2) is 15.3 Å². The summed E-state index contributed by atoms with van der Waals surface area (Å²) < 4.78 is 2.04. The molecule has 0 radical (unpaired) electrons. The highest BCUT2D eigenvalue weighted by Gasteiger charge is 2.25. The molecule has 0 saturated carbocycles. The third-order valence-corrected chi connectivity index (χ3v) is 6.08. The molecule has 1 atom stereocenters. The number of nitrogens with zero attached hydrogens (tertiary/aromatic N) is 1. The van der Waals surface area contributed by atoms with Crippen molar-refractivity contribution < 1.29 is 4.79 Å². The molecule has 30 heavy (non-hydrogen) atoms. The van der Waals surface area contributed by atoms with E-state index >= 15 is 0 Å². The molecule has 0 spiro atoms. The van der Waals surface area contributed by atoms with Crippen molar-refractivity contribution >= 4 is 27.6 Å². The number of para-hydroxylation sites is 2. The smallest absolute Gasteiger partial charge is 0.165 e. The van der Waals surface area contributed by atoms with E-state index in [9.17, 15) is 4.79 Å². The van der Waals surface area contributed by atoms with Crippen LogP contribution in [0, 0.1) is 6.92 Å². The molecule has 2 heterocycles. The van der Waals surface area contributed by atoms with E-state index in [1.165, 1.54) is 16.5 Å². The van der Waals surface area contributed by atoms with Gasteiger partial charge in [-0.2, -0.15) is 0 Å². The van der Waals surface area contributed by atoms with Crippen molar-refractivity contribution in [1.29, 1.82) is 0 Å². The summed E-state index contributed by atoms with van der Waals surface area (Å²) in [6, 6.07) is 26.8.